The number of aryl methyl sites for hydroxylation is 1. The molecule has 4 nitrogen and oxygen atoms in total. The quantitative estimate of drug-likeness (QED) is 0.602. The van der Waals surface area contributed by atoms with Crippen molar-refractivity contribution < 1.29 is 4.79 Å². The van der Waals surface area contributed by atoms with Gasteiger partial charge in [0.2, 0.25) is 0 Å². The highest BCUT2D eigenvalue weighted by Crippen LogP contribution is 2.61. The lowest BCUT2D eigenvalue weighted by molar-refractivity contribution is -0.103. The Hall–Kier alpha value is -2.01. The molecule has 1 aromatic heterocycles. The van der Waals surface area contributed by atoms with E-state index in [1.165, 1.54) is 46.6 Å². The summed E-state index contributed by atoms with van der Waals surface area (Å²) in [6.07, 6.45) is 7.24. The number of carbonyl (C=O) groups is 1. The first kappa shape index (κ1) is 21.5. The SMILES string of the molecule is CC1=CC2Cc3c(C(=O)NCC4CCC5CC4C5(C)C)nn(Cc4ccc(C)cc4)c3C2S1. The number of benzene rings is 1. The van der Waals surface area contributed by atoms with E-state index in [9.17, 15) is 4.79 Å². The van der Waals surface area contributed by atoms with E-state index in [0.717, 1.165) is 31.3 Å². The van der Waals surface area contributed by atoms with Crippen LogP contribution >= 0.6 is 11.8 Å². The highest BCUT2D eigenvalue weighted by molar-refractivity contribution is 8.03. The summed E-state index contributed by atoms with van der Waals surface area (Å²) in [5.41, 5.74) is 6.06. The monoisotopic (exact) mass is 461 g/mol. The Kier molecular flexibility index (Phi) is 5.06. The second-order valence-corrected chi connectivity index (χ2v) is 12.8. The third-order valence-corrected chi connectivity index (χ3v) is 10.5. The van der Waals surface area contributed by atoms with Crippen LogP contribution in [0.4, 0.5) is 0 Å². The van der Waals surface area contributed by atoms with Crippen LogP contribution in [0.5, 0.6) is 0 Å². The fourth-order valence-electron chi connectivity index (χ4n) is 7.09. The first-order valence-electron chi connectivity index (χ1n) is 12.6. The van der Waals surface area contributed by atoms with Crippen LogP contribution in [0.1, 0.15) is 78.2 Å². The van der Waals surface area contributed by atoms with Gasteiger partial charge in [0.05, 0.1) is 17.5 Å². The minimum Gasteiger partial charge on any atom is -0.350 e. The van der Waals surface area contributed by atoms with E-state index in [-0.39, 0.29) is 5.91 Å². The normalized spacial score (nSPS) is 30.9. The standard InChI is InChI=1S/C28H35N3OS/c1-16-5-7-18(8-6-16)15-31-25-22(12-20-11-17(2)33-26(20)25)24(30-31)27(32)29-14-19-9-10-21-13-23(19)28(21,3)4/h5-8,11,19-21,23,26H,9-10,12-15H2,1-4H3,(H,29,32). The molecular formula is C28H35N3OS. The molecule has 5 atom stereocenters. The second kappa shape index (κ2) is 7.76. The number of allylic oxidation sites excluding steroid dienone is 2. The molecule has 3 fully saturated rings. The van der Waals surface area contributed by atoms with Gasteiger partial charge in [-0.15, -0.1) is 11.8 Å². The molecule has 2 aromatic rings. The van der Waals surface area contributed by atoms with Gasteiger partial charge in [-0.25, -0.2) is 0 Å². The number of amides is 1. The smallest absolute Gasteiger partial charge is 0.272 e. The summed E-state index contributed by atoms with van der Waals surface area (Å²) < 4.78 is 2.12. The lowest BCUT2D eigenvalue weighted by Gasteiger charge is -2.60. The first-order chi connectivity index (χ1) is 15.8. The van der Waals surface area contributed by atoms with Crippen molar-refractivity contribution in [3.8, 4) is 0 Å². The summed E-state index contributed by atoms with van der Waals surface area (Å²) in [5, 5.41) is 8.63. The third kappa shape index (κ3) is 3.50. The predicted molar refractivity (Wildman–Crippen MR) is 134 cm³/mol. The molecule has 5 heteroatoms. The van der Waals surface area contributed by atoms with Gasteiger partial charge in [-0.2, -0.15) is 5.10 Å². The number of carbonyl (C=O) groups excluding carboxylic acids is 1. The van der Waals surface area contributed by atoms with Crippen LogP contribution in [0, 0.1) is 36.0 Å². The molecule has 3 saturated carbocycles. The van der Waals surface area contributed by atoms with Gasteiger partial charge in [-0.05, 0) is 79.1 Å². The van der Waals surface area contributed by atoms with Gasteiger partial charge < -0.3 is 5.32 Å². The summed E-state index contributed by atoms with van der Waals surface area (Å²) in [7, 11) is 0. The van der Waals surface area contributed by atoms with Crippen molar-refractivity contribution in [2.75, 3.05) is 6.54 Å². The maximum atomic E-state index is 13.4. The van der Waals surface area contributed by atoms with Crippen molar-refractivity contribution in [3.05, 3.63) is 63.3 Å². The van der Waals surface area contributed by atoms with Crippen molar-refractivity contribution in [2.45, 2.75) is 65.2 Å². The fourth-order valence-corrected chi connectivity index (χ4v) is 8.47. The van der Waals surface area contributed by atoms with Crippen molar-refractivity contribution in [2.24, 2.45) is 29.1 Å². The zero-order chi connectivity index (χ0) is 22.9. The van der Waals surface area contributed by atoms with Gasteiger partial charge in [0.25, 0.3) is 5.91 Å². The number of hydrogen-bond donors (Lipinski definition) is 1. The molecule has 1 N–H and O–H groups in total. The van der Waals surface area contributed by atoms with Crippen molar-refractivity contribution in [3.63, 3.8) is 0 Å². The molecule has 0 radical (unpaired) electrons. The molecule has 174 valence electrons. The van der Waals surface area contributed by atoms with Crippen LogP contribution in [-0.2, 0) is 13.0 Å². The average molecular weight is 462 g/mol. The molecule has 5 aliphatic rings. The van der Waals surface area contributed by atoms with E-state index in [0.29, 0.717) is 28.2 Å². The molecule has 4 aliphatic carbocycles. The minimum atomic E-state index is 0.0267. The van der Waals surface area contributed by atoms with Crippen LogP contribution < -0.4 is 5.32 Å². The zero-order valence-electron chi connectivity index (χ0n) is 20.2. The fraction of sp³-hybridized carbons (Fsp3) is 0.571. The topological polar surface area (TPSA) is 46.9 Å². The molecule has 33 heavy (non-hydrogen) atoms. The number of thioether (sulfide) groups is 1. The predicted octanol–water partition coefficient (Wildman–Crippen LogP) is 5.91. The molecule has 1 aromatic carbocycles. The molecule has 2 bridgehead atoms. The summed E-state index contributed by atoms with van der Waals surface area (Å²) >= 11 is 1.94. The molecule has 0 spiro atoms. The zero-order valence-corrected chi connectivity index (χ0v) is 21.0. The molecular weight excluding hydrogens is 426 g/mol. The second-order valence-electron chi connectivity index (χ2n) is 11.4. The molecule has 7 rings (SSSR count). The number of aromatic nitrogens is 2. The average Bonchev–Trinajstić information content (AvgIpc) is 3.43. The Bertz CT molecular complexity index is 1130. The van der Waals surface area contributed by atoms with Crippen molar-refractivity contribution in [1.82, 2.24) is 15.1 Å². The lowest BCUT2D eigenvalue weighted by Crippen LogP contribution is -2.54. The van der Waals surface area contributed by atoms with Gasteiger partial charge in [0.1, 0.15) is 0 Å². The maximum Gasteiger partial charge on any atom is 0.272 e. The Balaban J connectivity index is 1.24. The van der Waals surface area contributed by atoms with E-state index in [1.807, 2.05) is 11.8 Å². The van der Waals surface area contributed by atoms with Crippen molar-refractivity contribution in [1.29, 1.82) is 0 Å². The molecule has 2 heterocycles. The van der Waals surface area contributed by atoms with Crippen molar-refractivity contribution >= 4 is 17.7 Å². The number of fused-ring (bicyclic) bond motifs is 5. The van der Waals surface area contributed by atoms with Gasteiger partial charge in [0, 0.05) is 12.1 Å². The number of rotatable bonds is 5. The Labute approximate surface area is 201 Å². The van der Waals surface area contributed by atoms with Gasteiger partial charge in [0.15, 0.2) is 5.69 Å². The van der Waals surface area contributed by atoms with E-state index < -0.39 is 0 Å². The van der Waals surface area contributed by atoms with E-state index in [4.69, 9.17) is 5.10 Å². The van der Waals surface area contributed by atoms with Crippen LogP contribution in [0.3, 0.4) is 0 Å². The van der Waals surface area contributed by atoms with Crippen LogP contribution in [0.15, 0.2) is 35.2 Å². The number of nitrogens with zero attached hydrogens (tertiary/aromatic N) is 2. The molecule has 1 aliphatic heterocycles. The van der Waals surface area contributed by atoms with E-state index in [1.54, 1.807) is 0 Å². The third-order valence-electron chi connectivity index (χ3n) is 9.15. The maximum absolute atomic E-state index is 13.4. The molecule has 0 saturated heterocycles. The van der Waals surface area contributed by atoms with E-state index in [2.05, 4.69) is 68.0 Å². The van der Waals surface area contributed by atoms with E-state index >= 15 is 0 Å². The first-order valence-corrected chi connectivity index (χ1v) is 13.5. The summed E-state index contributed by atoms with van der Waals surface area (Å²) in [6.45, 7) is 10.7. The van der Waals surface area contributed by atoms with Gasteiger partial charge in [-0.1, -0.05) is 49.8 Å². The minimum absolute atomic E-state index is 0.0267. The van der Waals surface area contributed by atoms with Crippen LogP contribution in [0.2, 0.25) is 0 Å². The molecule has 1 amide bonds. The van der Waals surface area contributed by atoms with Crippen LogP contribution in [-0.4, -0.2) is 22.2 Å². The highest BCUT2D eigenvalue weighted by Gasteiger charge is 2.54. The number of nitrogens with one attached hydrogen (secondary N) is 1. The van der Waals surface area contributed by atoms with Gasteiger partial charge in [-0.3, -0.25) is 9.48 Å². The Morgan fingerprint density at radius 3 is 2.73 bits per heavy atom. The summed E-state index contributed by atoms with van der Waals surface area (Å²) in [4.78, 5) is 14.8. The van der Waals surface area contributed by atoms with Crippen LogP contribution in [0.25, 0.3) is 0 Å². The Morgan fingerprint density at radius 2 is 2.00 bits per heavy atom. The van der Waals surface area contributed by atoms with Gasteiger partial charge >= 0.3 is 0 Å². The summed E-state index contributed by atoms with van der Waals surface area (Å²) in [6, 6.07) is 8.67. The molecule has 5 unspecified atom stereocenters. The lowest BCUT2D eigenvalue weighted by atomic mass is 9.45. The summed E-state index contributed by atoms with van der Waals surface area (Å²) in [5.74, 6) is 2.77. The largest absolute Gasteiger partial charge is 0.350 e. The number of hydrogen-bond acceptors (Lipinski definition) is 3. The Morgan fingerprint density at radius 1 is 1.21 bits per heavy atom. The highest BCUT2D eigenvalue weighted by atomic mass is 32.2.